The van der Waals surface area contributed by atoms with Crippen molar-refractivity contribution in [1.29, 1.82) is 0 Å². The highest BCUT2D eigenvalue weighted by atomic mass is 16.2. The molecule has 0 spiro atoms. The second kappa shape index (κ2) is 7.32. The van der Waals surface area contributed by atoms with Crippen molar-refractivity contribution in [3.8, 4) is 5.69 Å². The molecule has 6 rings (SSSR count). The van der Waals surface area contributed by atoms with Gasteiger partial charge in [-0.15, -0.1) is 0 Å². The van der Waals surface area contributed by atoms with E-state index < -0.39 is 5.54 Å². The Labute approximate surface area is 198 Å². The van der Waals surface area contributed by atoms with Crippen molar-refractivity contribution in [3.63, 3.8) is 0 Å². The first-order valence-corrected chi connectivity index (χ1v) is 11.8. The van der Waals surface area contributed by atoms with Gasteiger partial charge in [0.25, 0.3) is 0 Å². The molecular formula is C29H27N3O2. The molecule has 0 radical (unpaired) electrons. The van der Waals surface area contributed by atoms with Crippen LogP contribution in [0, 0.1) is 5.92 Å². The molecule has 2 unspecified atom stereocenters. The number of para-hydroxylation sites is 1. The standard InChI is InChI=1S/C29H27N3O2/c1-28(2)19-18-25(31-26(33)30(27(34)32(28)31)23-16-10-5-11-17-23)24-20-29(24,21-12-6-3-7-13-21)22-14-8-4-9-15-22/h3-19,24-25H,20H2,1-2H3. The highest BCUT2D eigenvalue weighted by Crippen LogP contribution is 2.63. The van der Waals surface area contributed by atoms with Gasteiger partial charge in [0.2, 0.25) is 0 Å². The van der Waals surface area contributed by atoms with Crippen LogP contribution in [-0.4, -0.2) is 13.9 Å². The van der Waals surface area contributed by atoms with Crippen molar-refractivity contribution in [1.82, 2.24) is 13.9 Å². The van der Waals surface area contributed by atoms with Crippen LogP contribution in [0.1, 0.15) is 37.4 Å². The van der Waals surface area contributed by atoms with Crippen LogP contribution >= 0.6 is 0 Å². The number of hydrogen-bond donors (Lipinski definition) is 0. The van der Waals surface area contributed by atoms with Crippen LogP contribution < -0.4 is 11.4 Å². The van der Waals surface area contributed by atoms with E-state index in [0.29, 0.717) is 5.69 Å². The fourth-order valence-electron chi connectivity index (χ4n) is 5.83. The summed E-state index contributed by atoms with van der Waals surface area (Å²) < 4.78 is 4.65. The van der Waals surface area contributed by atoms with Gasteiger partial charge < -0.3 is 0 Å². The predicted octanol–water partition coefficient (Wildman–Crippen LogP) is 4.65. The van der Waals surface area contributed by atoms with Crippen LogP contribution in [-0.2, 0) is 11.0 Å². The molecule has 1 fully saturated rings. The molecule has 5 nitrogen and oxygen atoms in total. The Morgan fingerprint density at radius 3 is 1.82 bits per heavy atom. The Morgan fingerprint density at radius 1 is 0.735 bits per heavy atom. The third-order valence-electron chi connectivity index (χ3n) is 7.52. The van der Waals surface area contributed by atoms with E-state index in [0.717, 1.165) is 6.42 Å². The summed E-state index contributed by atoms with van der Waals surface area (Å²) in [6.07, 6.45) is 5.12. The number of hydrogen-bond acceptors (Lipinski definition) is 2. The fourth-order valence-corrected chi connectivity index (χ4v) is 5.83. The summed E-state index contributed by atoms with van der Waals surface area (Å²) in [6.45, 7) is 3.95. The van der Waals surface area contributed by atoms with Gasteiger partial charge in [-0.2, -0.15) is 0 Å². The highest BCUT2D eigenvalue weighted by molar-refractivity contribution is 5.48. The summed E-state index contributed by atoms with van der Waals surface area (Å²) in [5.41, 5.74) is 1.68. The lowest BCUT2D eigenvalue weighted by Gasteiger charge is -2.33. The molecule has 34 heavy (non-hydrogen) atoms. The van der Waals surface area contributed by atoms with Crippen molar-refractivity contribution in [2.75, 3.05) is 0 Å². The van der Waals surface area contributed by atoms with Crippen LogP contribution in [0.4, 0.5) is 0 Å². The number of benzene rings is 3. The maximum Gasteiger partial charge on any atom is 0.352 e. The SMILES string of the molecule is CC1(C)C=CC(C2CC2(c2ccccc2)c2ccccc2)n2c(=O)n(-c3ccccc3)c(=O)n21. The van der Waals surface area contributed by atoms with Gasteiger partial charge >= 0.3 is 11.4 Å². The normalized spacial score (nSPS) is 21.7. The molecule has 1 saturated carbocycles. The molecule has 0 N–H and O–H groups in total. The van der Waals surface area contributed by atoms with Gasteiger partial charge in [-0.3, -0.25) is 0 Å². The monoisotopic (exact) mass is 449 g/mol. The van der Waals surface area contributed by atoms with Crippen LogP contribution in [0.5, 0.6) is 0 Å². The van der Waals surface area contributed by atoms with Crippen LogP contribution in [0.3, 0.4) is 0 Å². The topological polar surface area (TPSA) is 48.9 Å². The van der Waals surface area contributed by atoms with E-state index in [1.54, 1.807) is 21.5 Å². The summed E-state index contributed by atoms with van der Waals surface area (Å²) in [5, 5.41) is 0. The van der Waals surface area contributed by atoms with E-state index >= 15 is 0 Å². The van der Waals surface area contributed by atoms with Crippen molar-refractivity contribution in [2.24, 2.45) is 5.92 Å². The number of allylic oxidation sites excluding steroid dienone is 2. The molecule has 170 valence electrons. The maximum absolute atomic E-state index is 13.8. The van der Waals surface area contributed by atoms with Gasteiger partial charge in [0, 0.05) is 5.41 Å². The summed E-state index contributed by atoms with van der Waals surface area (Å²) in [6, 6.07) is 30.0. The number of nitrogens with zero attached hydrogens (tertiary/aromatic N) is 3. The molecular weight excluding hydrogens is 422 g/mol. The molecule has 1 aromatic heterocycles. The number of aromatic nitrogens is 3. The van der Waals surface area contributed by atoms with Crippen LogP contribution in [0.2, 0.25) is 0 Å². The first-order valence-electron chi connectivity index (χ1n) is 11.8. The fraction of sp³-hybridized carbons (Fsp3) is 0.241. The molecule has 1 aliphatic heterocycles. The lowest BCUT2D eigenvalue weighted by Crippen LogP contribution is -2.44. The van der Waals surface area contributed by atoms with Crippen molar-refractivity contribution >= 4 is 0 Å². The Balaban J connectivity index is 1.55. The summed E-state index contributed by atoms with van der Waals surface area (Å²) in [5.74, 6) is 0.152. The minimum atomic E-state index is -0.607. The molecule has 1 aliphatic carbocycles. The zero-order valence-electron chi connectivity index (χ0n) is 19.3. The van der Waals surface area contributed by atoms with Gasteiger partial charge in [0.15, 0.2) is 0 Å². The third-order valence-corrected chi connectivity index (χ3v) is 7.52. The third kappa shape index (κ3) is 2.86. The largest absolute Gasteiger partial charge is 0.352 e. The second-order valence-electron chi connectivity index (χ2n) is 9.91. The van der Waals surface area contributed by atoms with E-state index in [-0.39, 0.29) is 28.8 Å². The average Bonchev–Trinajstić information content (AvgIpc) is 3.55. The van der Waals surface area contributed by atoms with E-state index in [4.69, 9.17) is 0 Å². The van der Waals surface area contributed by atoms with Gasteiger partial charge in [-0.05, 0) is 49.4 Å². The Morgan fingerprint density at radius 2 is 1.26 bits per heavy atom. The lowest BCUT2D eigenvalue weighted by atomic mass is 9.83. The summed E-state index contributed by atoms with van der Waals surface area (Å²) >= 11 is 0. The molecule has 0 amide bonds. The lowest BCUT2D eigenvalue weighted by molar-refractivity contribution is 0.257. The zero-order chi connectivity index (χ0) is 23.5. The maximum atomic E-state index is 13.8. The van der Waals surface area contributed by atoms with Crippen molar-refractivity contribution in [3.05, 3.63) is 135 Å². The van der Waals surface area contributed by atoms with Crippen LogP contribution in [0.25, 0.3) is 5.69 Å². The second-order valence-corrected chi connectivity index (χ2v) is 9.91. The number of fused-ring (bicyclic) bond motifs is 1. The van der Waals surface area contributed by atoms with Crippen molar-refractivity contribution in [2.45, 2.75) is 37.3 Å². The molecule has 4 aromatic rings. The average molecular weight is 450 g/mol. The molecule has 0 bridgehead atoms. The van der Waals surface area contributed by atoms with Crippen molar-refractivity contribution < 1.29 is 0 Å². The first-order chi connectivity index (χ1) is 16.4. The minimum Gasteiger partial charge on any atom is -0.245 e. The van der Waals surface area contributed by atoms with Gasteiger partial charge in [-0.25, -0.2) is 23.5 Å². The Bertz CT molecular complexity index is 1450. The van der Waals surface area contributed by atoms with Gasteiger partial charge in [0.1, 0.15) is 0 Å². The highest BCUT2D eigenvalue weighted by Gasteiger charge is 2.60. The van der Waals surface area contributed by atoms with Crippen LogP contribution in [0.15, 0.2) is 113 Å². The molecule has 3 aromatic carbocycles. The van der Waals surface area contributed by atoms with Gasteiger partial charge in [-0.1, -0.05) is 91.0 Å². The Hall–Kier alpha value is -3.86. The minimum absolute atomic E-state index is 0.152. The van der Waals surface area contributed by atoms with E-state index in [1.807, 2.05) is 44.2 Å². The van der Waals surface area contributed by atoms with E-state index in [1.165, 1.54) is 15.7 Å². The molecule has 5 heteroatoms. The quantitative estimate of drug-likeness (QED) is 0.426. The Kier molecular flexibility index (Phi) is 4.46. The molecule has 0 saturated heterocycles. The smallest absolute Gasteiger partial charge is 0.245 e. The van der Waals surface area contributed by atoms with E-state index in [2.05, 4.69) is 60.7 Å². The molecule has 2 heterocycles. The predicted molar refractivity (Wildman–Crippen MR) is 134 cm³/mol. The van der Waals surface area contributed by atoms with Gasteiger partial charge in [0.05, 0.1) is 17.3 Å². The first kappa shape index (κ1) is 20.7. The van der Waals surface area contributed by atoms with E-state index in [9.17, 15) is 9.59 Å². The summed E-state index contributed by atoms with van der Waals surface area (Å²) in [7, 11) is 0. The zero-order valence-corrected chi connectivity index (χ0v) is 19.3. The molecule has 2 aliphatic rings. The molecule has 2 atom stereocenters. The number of rotatable bonds is 4. The summed E-state index contributed by atoms with van der Waals surface area (Å²) in [4.78, 5) is 27.4.